The number of hydrogen-bond acceptors (Lipinski definition) is 5. The fourth-order valence-electron chi connectivity index (χ4n) is 2.21. The number of alkyl halides is 4. The van der Waals surface area contributed by atoms with Gasteiger partial charge in [-0.1, -0.05) is 0 Å². The standard InChI is InChI=1S/C18H16F4N2O5S/c1-30(26,27)24-13-6-4-12(5-7-13)23-16(25)9-3-11-2-8-14(28-17(19)20)10-15(11)29-18(21)22/h2-10,17-18,24H,1H3,(H,23,25)/b9-3+. The van der Waals surface area contributed by atoms with Gasteiger partial charge in [0.05, 0.1) is 6.26 Å². The molecular formula is C18H16F4N2O5S. The maximum absolute atomic E-state index is 12.6. The fraction of sp³-hybridized carbons (Fsp3) is 0.167. The molecule has 0 unspecified atom stereocenters. The second-order valence-corrected chi connectivity index (χ2v) is 7.48. The molecule has 2 N–H and O–H groups in total. The van der Waals surface area contributed by atoms with Gasteiger partial charge >= 0.3 is 13.2 Å². The Labute approximate surface area is 169 Å². The van der Waals surface area contributed by atoms with Gasteiger partial charge in [-0.15, -0.1) is 0 Å². The SMILES string of the molecule is CS(=O)(=O)Nc1ccc(NC(=O)/C=C/c2ccc(OC(F)F)cc2OC(F)F)cc1. The number of benzene rings is 2. The van der Waals surface area contributed by atoms with Crippen LogP contribution in [0.4, 0.5) is 28.9 Å². The van der Waals surface area contributed by atoms with Crippen molar-refractivity contribution in [1.29, 1.82) is 0 Å². The minimum absolute atomic E-state index is 0.0276. The van der Waals surface area contributed by atoms with Crippen molar-refractivity contribution in [3.05, 3.63) is 54.1 Å². The Morgan fingerprint density at radius 3 is 2.13 bits per heavy atom. The lowest BCUT2D eigenvalue weighted by Crippen LogP contribution is -2.10. The number of nitrogens with one attached hydrogen (secondary N) is 2. The molecule has 0 aliphatic rings. The molecule has 12 heteroatoms. The topological polar surface area (TPSA) is 93.7 Å². The van der Waals surface area contributed by atoms with Crippen molar-refractivity contribution in [2.75, 3.05) is 16.3 Å². The summed E-state index contributed by atoms with van der Waals surface area (Å²) >= 11 is 0. The number of rotatable bonds is 9. The molecular weight excluding hydrogens is 432 g/mol. The zero-order valence-electron chi connectivity index (χ0n) is 15.3. The lowest BCUT2D eigenvalue weighted by atomic mass is 10.1. The summed E-state index contributed by atoms with van der Waals surface area (Å²) in [6.45, 7) is -6.36. The molecule has 0 fully saturated rings. The van der Waals surface area contributed by atoms with Crippen LogP contribution in [0.5, 0.6) is 11.5 Å². The van der Waals surface area contributed by atoms with Crippen molar-refractivity contribution < 1.29 is 40.2 Å². The Hall–Kier alpha value is -3.28. The predicted octanol–water partition coefficient (Wildman–Crippen LogP) is 3.91. The highest BCUT2D eigenvalue weighted by atomic mass is 32.2. The fourth-order valence-corrected chi connectivity index (χ4v) is 2.78. The highest BCUT2D eigenvalue weighted by Crippen LogP contribution is 2.28. The van der Waals surface area contributed by atoms with Gasteiger partial charge in [-0.05, 0) is 42.5 Å². The maximum atomic E-state index is 12.6. The summed E-state index contributed by atoms with van der Waals surface area (Å²) in [4.78, 5) is 12.0. The van der Waals surface area contributed by atoms with Crippen LogP contribution in [0.2, 0.25) is 0 Å². The first-order chi connectivity index (χ1) is 14.0. The Kier molecular flexibility index (Phi) is 7.64. The van der Waals surface area contributed by atoms with Crippen molar-refractivity contribution in [2.45, 2.75) is 13.2 Å². The number of carbonyl (C=O) groups excluding carboxylic acids is 1. The summed E-state index contributed by atoms with van der Waals surface area (Å²) in [5, 5.41) is 2.48. The van der Waals surface area contributed by atoms with Crippen LogP contribution in [-0.4, -0.2) is 33.8 Å². The number of anilines is 2. The molecule has 0 aliphatic carbocycles. The quantitative estimate of drug-likeness (QED) is 0.448. The van der Waals surface area contributed by atoms with Crippen LogP contribution in [0.1, 0.15) is 5.56 Å². The van der Waals surface area contributed by atoms with Crippen molar-refractivity contribution >= 4 is 33.4 Å². The molecule has 2 aromatic carbocycles. The molecule has 2 aromatic rings. The molecule has 2 rings (SSSR count). The van der Waals surface area contributed by atoms with Crippen LogP contribution in [0.25, 0.3) is 6.08 Å². The predicted molar refractivity (Wildman–Crippen MR) is 102 cm³/mol. The van der Waals surface area contributed by atoms with E-state index in [4.69, 9.17) is 0 Å². The number of hydrogen-bond donors (Lipinski definition) is 2. The molecule has 0 saturated heterocycles. The minimum Gasteiger partial charge on any atom is -0.435 e. The third-order valence-electron chi connectivity index (χ3n) is 3.30. The third kappa shape index (κ3) is 7.99. The van der Waals surface area contributed by atoms with E-state index >= 15 is 0 Å². The third-order valence-corrected chi connectivity index (χ3v) is 3.90. The van der Waals surface area contributed by atoms with Gasteiger partial charge < -0.3 is 14.8 Å². The average molecular weight is 448 g/mol. The number of ether oxygens (including phenoxy) is 2. The van der Waals surface area contributed by atoms with Gasteiger partial charge in [-0.3, -0.25) is 9.52 Å². The number of halogens is 4. The highest BCUT2D eigenvalue weighted by molar-refractivity contribution is 7.92. The minimum atomic E-state index is -3.44. The number of carbonyl (C=O) groups is 1. The molecule has 1 amide bonds. The number of amides is 1. The molecule has 0 aromatic heterocycles. The van der Waals surface area contributed by atoms with Gasteiger partial charge in [0.2, 0.25) is 15.9 Å². The zero-order valence-corrected chi connectivity index (χ0v) is 16.1. The van der Waals surface area contributed by atoms with Crippen LogP contribution in [0, 0.1) is 0 Å². The molecule has 0 spiro atoms. The summed E-state index contributed by atoms with van der Waals surface area (Å²) < 4.78 is 82.6. The smallest absolute Gasteiger partial charge is 0.387 e. The van der Waals surface area contributed by atoms with Crippen molar-refractivity contribution in [2.24, 2.45) is 0 Å². The normalized spacial score (nSPS) is 11.7. The molecule has 0 saturated carbocycles. The van der Waals surface area contributed by atoms with E-state index in [0.717, 1.165) is 30.5 Å². The van der Waals surface area contributed by atoms with Crippen molar-refractivity contribution in [1.82, 2.24) is 0 Å². The zero-order chi connectivity index (χ0) is 22.3. The van der Waals surface area contributed by atoms with Crippen molar-refractivity contribution in [3.63, 3.8) is 0 Å². The first-order valence-electron chi connectivity index (χ1n) is 8.12. The first kappa shape index (κ1) is 23.0. The van der Waals surface area contributed by atoms with E-state index in [1.54, 1.807) is 0 Å². The van der Waals surface area contributed by atoms with Crippen LogP contribution >= 0.6 is 0 Å². The second-order valence-electron chi connectivity index (χ2n) is 5.73. The van der Waals surface area contributed by atoms with Gasteiger partial charge in [0.25, 0.3) is 0 Å². The van der Waals surface area contributed by atoms with E-state index in [9.17, 15) is 30.8 Å². The molecule has 0 atom stereocenters. The van der Waals surface area contributed by atoms with Crippen LogP contribution in [0.15, 0.2) is 48.5 Å². The summed E-state index contributed by atoms with van der Waals surface area (Å²) in [7, 11) is -3.44. The van der Waals surface area contributed by atoms with Crippen LogP contribution < -0.4 is 19.5 Å². The first-order valence-corrected chi connectivity index (χ1v) is 10.0. The van der Waals surface area contributed by atoms with E-state index in [1.807, 2.05) is 0 Å². The maximum Gasteiger partial charge on any atom is 0.387 e. The van der Waals surface area contributed by atoms with Gasteiger partial charge in [0.1, 0.15) is 11.5 Å². The summed E-state index contributed by atoms with van der Waals surface area (Å²) in [5.74, 6) is -1.47. The summed E-state index contributed by atoms with van der Waals surface area (Å²) in [5.41, 5.74) is 0.666. The molecule has 30 heavy (non-hydrogen) atoms. The van der Waals surface area contributed by atoms with E-state index in [2.05, 4.69) is 19.5 Å². The highest BCUT2D eigenvalue weighted by Gasteiger charge is 2.12. The Morgan fingerprint density at radius 1 is 0.967 bits per heavy atom. The summed E-state index contributed by atoms with van der Waals surface area (Å²) in [6, 6.07) is 8.87. The Bertz CT molecular complexity index is 1010. The molecule has 162 valence electrons. The van der Waals surface area contributed by atoms with E-state index in [1.165, 1.54) is 30.3 Å². The Morgan fingerprint density at radius 2 is 1.57 bits per heavy atom. The molecule has 0 heterocycles. The lowest BCUT2D eigenvalue weighted by Gasteiger charge is -2.11. The van der Waals surface area contributed by atoms with Gasteiger partial charge in [0, 0.05) is 29.1 Å². The molecule has 0 radical (unpaired) electrons. The summed E-state index contributed by atoms with van der Waals surface area (Å²) in [6.07, 6.45) is 3.16. The monoisotopic (exact) mass is 448 g/mol. The van der Waals surface area contributed by atoms with Crippen LogP contribution in [-0.2, 0) is 14.8 Å². The molecule has 0 aliphatic heterocycles. The molecule has 7 nitrogen and oxygen atoms in total. The largest absolute Gasteiger partial charge is 0.435 e. The van der Waals surface area contributed by atoms with E-state index in [-0.39, 0.29) is 11.3 Å². The van der Waals surface area contributed by atoms with E-state index < -0.39 is 34.9 Å². The van der Waals surface area contributed by atoms with Gasteiger partial charge in [0.15, 0.2) is 0 Å². The van der Waals surface area contributed by atoms with E-state index in [0.29, 0.717) is 11.4 Å². The molecule has 0 bridgehead atoms. The van der Waals surface area contributed by atoms with Gasteiger partial charge in [-0.2, -0.15) is 17.6 Å². The van der Waals surface area contributed by atoms with Gasteiger partial charge in [-0.25, -0.2) is 8.42 Å². The van der Waals surface area contributed by atoms with Crippen LogP contribution in [0.3, 0.4) is 0 Å². The lowest BCUT2D eigenvalue weighted by molar-refractivity contribution is -0.111. The second kappa shape index (κ2) is 9.96. The average Bonchev–Trinajstić information content (AvgIpc) is 2.60. The Balaban J connectivity index is 2.09. The van der Waals surface area contributed by atoms with Crippen molar-refractivity contribution in [3.8, 4) is 11.5 Å². The number of sulfonamides is 1.